The zero-order chi connectivity index (χ0) is 12.3. The Morgan fingerprint density at radius 1 is 1.38 bits per heavy atom. The summed E-state index contributed by atoms with van der Waals surface area (Å²) in [6.07, 6.45) is 0.419. The molecule has 0 spiro atoms. The third kappa shape index (κ3) is 3.02. The van der Waals surface area contributed by atoms with Crippen LogP contribution in [0.2, 0.25) is 0 Å². The molecular weight excluding hydrogens is 248 g/mol. The van der Waals surface area contributed by atoms with Crippen molar-refractivity contribution < 1.29 is 14.4 Å². The number of nitrogens with zero attached hydrogens (tertiary/aromatic N) is 2. The molecule has 88 valence electrons. The topological polar surface area (TPSA) is 57.7 Å². The van der Waals surface area contributed by atoms with E-state index in [1.54, 1.807) is 14.1 Å². The normalized spacial score (nSPS) is 15.5. The van der Waals surface area contributed by atoms with Crippen LogP contribution in [0.25, 0.3) is 0 Å². The van der Waals surface area contributed by atoms with Gasteiger partial charge in [0.1, 0.15) is 4.32 Å². The Morgan fingerprint density at radius 3 is 2.31 bits per heavy atom. The summed E-state index contributed by atoms with van der Waals surface area (Å²) in [5.74, 6) is -0.519. The van der Waals surface area contributed by atoms with Gasteiger partial charge in [0.2, 0.25) is 17.7 Å². The summed E-state index contributed by atoms with van der Waals surface area (Å²) in [5.41, 5.74) is 0. The van der Waals surface area contributed by atoms with E-state index in [-0.39, 0.29) is 40.6 Å². The van der Waals surface area contributed by atoms with Crippen LogP contribution in [-0.4, -0.2) is 51.7 Å². The standard InChI is InChI=1S/C9H12N2O3S2/c1-10(2)8(14)5-16-9(15)11-6(12)3-4-7(11)13/h3-5H2,1-2H3. The molecule has 0 aliphatic carbocycles. The zero-order valence-corrected chi connectivity index (χ0v) is 10.7. The van der Waals surface area contributed by atoms with E-state index in [2.05, 4.69) is 0 Å². The summed E-state index contributed by atoms with van der Waals surface area (Å²) in [6.45, 7) is 0. The lowest BCUT2D eigenvalue weighted by Gasteiger charge is -2.15. The van der Waals surface area contributed by atoms with Gasteiger partial charge in [-0.1, -0.05) is 24.0 Å². The van der Waals surface area contributed by atoms with Crippen LogP contribution in [0.1, 0.15) is 12.8 Å². The fourth-order valence-electron chi connectivity index (χ4n) is 1.10. The second kappa shape index (κ2) is 5.40. The molecule has 1 rings (SSSR count). The Hall–Kier alpha value is -0.950. The van der Waals surface area contributed by atoms with E-state index >= 15 is 0 Å². The van der Waals surface area contributed by atoms with Crippen LogP contribution in [-0.2, 0) is 14.4 Å². The minimum Gasteiger partial charge on any atom is -0.348 e. The molecule has 0 saturated carbocycles. The molecule has 0 bridgehead atoms. The summed E-state index contributed by atoms with van der Waals surface area (Å²) in [4.78, 5) is 36.3. The molecule has 1 heterocycles. The van der Waals surface area contributed by atoms with E-state index in [1.165, 1.54) is 4.90 Å². The predicted octanol–water partition coefficient (Wildman–Crippen LogP) is 0.242. The summed E-state index contributed by atoms with van der Waals surface area (Å²) >= 11 is 5.99. The minimum atomic E-state index is -0.278. The fourth-order valence-corrected chi connectivity index (χ4v) is 2.32. The average molecular weight is 260 g/mol. The van der Waals surface area contributed by atoms with Gasteiger partial charge in [0.15, 0.2) is 0 Å². The van der Waals surface area contributed by atoms with Crippen LogP contribution in [0.3, 0.4) is 0 Å². The monoisotopic (exact) mass is 260 g/mol. The molecule has 0 atom stereocenters. The number of likely N-dealkylation sites (tertiary alicyclic amines) is 1. The van der Waals surface area contributed by atoms with Crippen LogP contribution in [0, 0.1) is 0 Å². The van der Waals surface area contributed by atoms with Gasteiger partial charge in [-0.2, -0.15) is 0 Å². The molecule has 0 aromatic carbocycles. The Kier molecular flexibility index (Phi) is 4.43. The molecule has 3 amide bonds. The van der Waals surface area contributed by atoms with Gasteiger partial charge < -0.3 is 4.90 Å². The molecule has 0 radical (unpaired) electrons. The maximum Gasteiger partial charge on any atom is 0.235 e. The van der Waals surface area contributed by atoms with Crippen molar-refractivity contribution in [1.29, 1.82) is 0 Å². The molecule has 1 aliphatic rings. The van der Waals surface area contributed by atoms with Gasteiger partial charge in [0, 0.05) is 26.9 Å². The number of thioether (sulfide) groups is 1. The number of carbonyl (C=O) groups excluding carboxylic acids is 3. The number of hydrogen-bond donors (Lipinski definition) is 0. The lowest BCUT2D eigenvalue weighted by atomic mass is 10.4. The maximum absolute atomic E-state index is 11.3. The molecule has 0 N–H and O–H groups in total. The predicted molar refractivity (Wildman–Crippen MR) is 64.8 cm³/mol. The van der Waals surface area contributed by atoms with Gasteiger partial charge in [-0.05, 0) is 0 Å². The number of imide groups is 1. The fraction of sp³-hybridized carbons (Fsp3) is 0.556. The van der Waals surface area contributed by atoms with Crippen LogP contribution < -0.4 is 0 Å². The highest BCUT2D eigenvalue weighted by Gasteiger charge is 2.32. The first-order chi connectivity index (χ1) is 7.43. The van der Waals surface area contributed by atoms with Crippen LogP contribution >= 0.6 is 24.0 Å². The van der Waals surface area contributed by atoms with Crippen molar-refractivity contribution in [2.45, 2.75) is 12.8 Å². The van der Waals surface area contributed by atoms with Crippen molar-refractivity contribution in [2.75, 3.05) is 19.8 Å². The maximum atomic E-state index is 11.3. The second-order valence-electron chi connectivity index (χ2n) is 3.47. The van der Waals surface area contributed by atoms with Crippen molar-refractivity contribution in [2.24, 2.45) is 0 Å². The molecule has 1 aliphatic heterocycles. The van der Waals surface area contributed by atoms with E-state index in [0.717, 1.165) is 16.7 Å². The Balaban J connectivity index is 2.50. The van der Waals surface area contributed by atoms with Crippen molar-refractivity contribution >= 4 is 46.0 Å². The van der Waals surface area contributed by atoms with Gasteiger partial charge in [0.25, 0.3) is 0 Å². The van der Waals surface area contributed by atoms with Crippen molar-refractivity contribution in [3.8, 4) is 0 Å². The van der Waals surface area contributed by atoms with Gasteiger partial charge in [0.05, 0.1) is 5.75 Å². The van der Waals surface area contributed by atoms with Gasteiger partial charge in [-0.15, -0.1) is 0 Å². The molecule has 1 saturated heterocycles. The molecule has 0 unspecified atom stereocenters. The first-order valence-electron chi connectivity index (χ1n) is 4.66. The third-order valence-corrected chi connectivity index (χ3v) is 3.41. The summed E-state index contributed by atoms with van der Waals surface area (Å²) in [6, 6.07) is 0. The Morgan fingerprint density at radius 2 is 1.88 bits per heavy atom. The van der Waals surface area contributed by atoms with E-state index < -0.39 is 0 Å². The van der Waals surface area contributed by atoms with Gasteiger partial charge in [-0.25, -0.2) is 4.90 Å². The molecule has 0 aromatic heterocycles. The van der Waals surface area contributed by atoms with E-state index in [0.29, 0.717) is 0 Å². The molecule has 7 heteroatoms. The second-order valence-corrected chi connectivity index (χ2v) is 5.07. The quantitative estimate of drug-likeness (QED) is 0.526. The van der Waals surface area contributed by atoms with Crippen LogP contribution in [0.5, 0.6) is 0 Å². The van der Waals surface area contributed by atoms with Gasteiger partial charge in [-0.3, -0.25) is 14.4 Å². The highest BCUT2D eigenvalue weighted by atomic mass is 32.2. The molecular formula is C9H12N2O3S2. The van der Waals surface area contributed by atoms with E-state index in [4.69, 9.17) is 12.2 Å². The molecule has 5 nitrogen and oxygen atoms in total. The summed E-state index contributed by atoms with van der Waals surface area (Å²) in [5, 5.41) is 0. The highest BCUT2D eigenvalue weighted by Crippen LogP contribution is 2.18. The summed E-state index contributed by atoms with van der Waals surface area (Å²) < 4.78 is 0.169. The number of amides is 3. The first kappa shape index (κ1) is 13.1. The lowest BCUT2D eigenvalue weighted by Crippen LogP contribution is -2.33. The zero-order valence-electron chi connectivity index (χ0n) is 9.06. The third-order valence-electron chi connectivity index (χ3n) is 2.05. The first-order valence-corrected chi connectivity index (χ1v) is 6.05. The molecule has 1 fully saturated rings. The van der Waals surface area contributed by atoms with Crippen LogP contribution in [0.4, 0.5) is 0 Å². The minimum absolute atomic E-state index is 0.105. The van der Waals surface area contributed by atoms with Crippen molar-refractivity contribution in [3.05, 3.63) is 0 Å². The lowest BCUT2D eigenvalue weighted by molar-refractivity contribution is -0.133. The largest absolute Gasteiger partial charge is 0.348 e. The molecule has 0 aromatic rings. The number of hydrogen-bond acceptors (Lipinski definition) is 5. The Bertz CT molecular complexity index is 339. The van der Waals surface area contributed by atoms with Crippen LogP contribution in [0.15, 0.2) is 0 Å². The number of rotatable bonds is 2. The SMILES string of the molecule is CN(C)C(=O)CSC(=S)N1C(=O)CCC1=O. The molecule has 16 heavy (non-hydrogen) atoms. The smallest absolute Gasteiger partial charge is 0.235 e. The van der Waals surface area contributed by atoms with Crippen molar-refractivity contribution in [1.82, 2.24) is 9.80 Å². The van der Waals surface area contributed by atoms with E-state index in [1.807, 2.05) is 0 Å². The highest BCUT2D eigenvalue weighted by molar-refractivity contribution is 8.23. The average Bonchev–Trinajstić information content (AvgIpc) is 2.54. The van der Waals surface area contributed by atoms with E-state index in [9.17, 15) is 14.4 Å². The summed E-state index contributed by atoms with van der Waals surface area (Å²) in [7, 11) is 3.27. The van der Waals surface area contributed by atoms with Gasteiger partial charge >= 0.3 is 0 Å². The number of carbonyl (C=O) groups is 3. The number of thiocarbonyl (C=S) groups is 1. The van der Waals surface area contributed by atoms with Crippen molar-refractivity contribution in [3.63, 3.8) is 0 Å². The Labute approximate surface area is 103 Å².